The highest BCUT2D eigenvalue weighted by Crippen LogP contribution is 2.25. The van der Waals surface area contributed by atoms with Crippen LogP contribution in [0.2, 0.25) is 25.7 Å². The minimum atomic E-state index is -1.21. The molecule has 0 atom stereocenters. The molecule has 2 heterocycles. The number of fused-ring (bicyclic) bond motifs is 1. The van der Waals surface area contributed by atoms with E-state index in [4.69, 9.17) is 4.74 Å². The Morgan fingerprint density at radius 3 is 2.68 bits per heavy atom. The number of benzene rings is 1. The lowest BCUT2D eigenvalue weighted by atomic mass is 10.2. The van der Waals surface area contributed by atoms with Gasteiger partial charge in [0, 0.05) is 25.2 Å². The number of rotatable bonds is 5. The molecule has 0 saturated carbocycles. The van der Waals surface area contributed by atoms with Crippen molar-refractivity contribution in [2.24, 2.45) is 0 Å². The topological polar surface area (TPSA) is 75.2 Å². The lowest BCUT2D eigenvalue weighted by Crippen LogP contribution is -2.22. The van der Waals surface area contributed by atoms with Gasteiger partial charge in [0.05, 0.1) is 23.6 Å². The third-order valence-electron chi connectivity index (χ3n) is 3.96. The SMILES string of the molecule is C[Si](C)(C)CCOC(=O)c1ccc(-c2cc3cc(O)ccc3[nH]2)nc1. The molecule has 6 heteroatoms. The number of esters is 1. The summed E-state index contributed by atoms with van der Waals surface area (Å²) in [6, 6.07) is 11.5. The number of carbonyl (C=O) groups is 1. The summed E-state index contributed by atoms with van der Waals surface area (Å²) in [4.78, 5) is 19.7. The third-order valence-corrected chi connectivity index (χ3v) is 5.67. The molecule has 25 heavy (non-hydrogen) atoms. The third kappa shape index (κ3) is 4.27. The van der Waals surface area contributed by atoms with Crippen molar-refractivity contribution in [2.75, 3.05) is 6.61 Å². The number of ether oxygens (including phenoxy) is 1. The number of aromatic hydroxyl groups is 1. The van der Waals surface area contributed by atoms with Gasteiger partial charge in [-0.1, -0.05) is 19.6 Å². The van der Waals surface area contributed by atoms with Gasteiger partial charge < -0.3 is 14.8 Å². The molecule has 2 N–H and O–H groups in total. The second-order valence-electron chi connectivity index (χ2n) is 7.33. The maximum absolute atomic E-state index is 12.1. The van der Waals surface area contributed by atoms with Crippen molar-refractivity contribution in [1.29, 1.82) is 0 Å². The van der Waals surface area contributed by atoms with E-state index in [1.165, 1.54) is 6.20 Å². The average Bonchev–Trinajstić information content (AvgIpc) is 2.96. The van der Waals surface area contributed by atoms with Crippen LogP contribution in [0.4, 0.5) is 0 Å². The second kappa shape index (κ2) is 6.72. The number of hydrogen-bond donors (Lipinski definition) is 2. The minimum absolute atomic E-state index is 0.224. The normalized spacial score (nSPS) is 11.6. The molecule has 5 nitrogen and oxygen atoms in total. The molecular weight excluding hydrogens is 332 g/mol. The van der Waals surface area contributed by atoms with Crippen LogP contribution in [-0.4, -0.2) is 35.7 Å². The molecule has 0 spiro atoms. The van der Waals surface area contributed by atoms with Crippen LogP contribution in [0.3, 0.4) is 0 Å². The van der Waals surface area contributed by atoms with Gasteiger partial charge in [-0.25, -0.2) is 4.79 Å². The van der Waals surface area contributed by atoms with E-state index in [1.54, 1.807) is 24.3 Å². The molecule has 2 aromatic heterocycles. The zero-order valence-corrected chi connectivity index (χ0v) is 15.7. The predicted molar refractivity (Wildman–Crippen MR) is 102 cm³/mol. The number of pyridine rings is 1. The van der Waals surface area contributed by atoms with Crippen molar-refractivity contribution in [3.05, 3.63) is 48.2 Å². The molecule has 0 saturated heterocycles. The summed E-state index contributed by atoms with van der Waals surface area (Å²) in [6.07, 6.45) is 1.54. The highest BCUT2D eigenvalue weighted by atomic mass is 28.3. The molecule has 130 valence electrons. The van der Waals surface area contributed by atoms with Gasteiger partial charge in [0.2, 0.25) is 0 Å². The van der Waals surface area contributed by atoms with E-state index in [-0.39, 0.29) is 11.7 Å². The molecular formula is C19H22N2O3Si. The summed E-state index contributed by atoms with van der Waals surface area (Å²) < 4.78 is 5.33. The molecule has 0 bridgehead atoms. The first kappa shape index (κ1) is 17.2. The standard InChI is InChI=1S/C19H22N2O3Si/c1-25(2,3)9-8-24-19(23)13-4-6-17(20-12-13)18-11-14-10-15(22)5-7-16(14)21-18/h4-7,10-12,21-22H,8-9H2,1-3H3. The van der Waals surface area contributed by atoms with Crippen LogP contribution in [0.5, 0.6) is 5.75 Å². The summed E-state index contributed by atoms with van der Waals surface area (Å²) in [6.45, 7) is 7.20. The van der Waals surface area contributed by atoms with Crippen molar-refractivity contribution in [2.45, 2.75) is 25.7 Å². The van der Waals surface area contributed by atoms with Crippen LogP contribution in [-0.2, 0) is 4.74 Å². The molecule has 0 aliphatic heterocycles. The number of nitrogens with zero attached hydrogens (tertiary/aromatic N) is 1. The number of aromatic nitrogens is 2. The van der Waals surface area contributed by atoms with E-state index < -0.39 is 8.07 Å². The Balaban J connectivity index is 1.71. The lowest BCUT2D eigenvalue weighted by molar-refractivity contribution is 0.0525. The van der Waals surface area contributed by atoms with E-state index in [0.29, 0.717) is 12.2 Å². The summed E-state index contributed by atoms with van der Waals surface area (Å²) in [5, 5.41) is 10.5. The molecule has 0 radical (unpaired) electrons. The van der Waals surface area contributed by atoms with Crippen molar-refractivity contribution in [3.63, 3.8) is 0 Å². The van der Waals surface area contributed by atoms with E-state index in [2.05, 4.69) is 29.6 Å². The second-order valence-corrected chi connectivity index (χ2v) is 13.0. The Kier molecular flexibility index (Phi) is 4.63. The molecule has 0 fully saturated rings. The predicted octanol–water partition coefficient (Wildman–Crippen LogP) is 4.43. The Morgan fingerprint density at radius 1 is 1.20 bits per heavy atom. The Bertz CT molecular complexity index is 895. The first-order valence-electron chi connectivity index (χ1n) is 8.27. The monoisotopic (exact) mass is 354 g/mol. The number of H-pyrrole nitrogens is 1. The van der Waals surface area contributed by atoms with Crippen LogP contribution in [0.1, 0.15) is 10.4 Å². The van der Waals surface area contributed by atoms with E-state index in [0.717, 1.165) is 28.3 Å². The average molecular weight is 354 g/mol. The van der Waals surface area contributed by atoms with E-state index in [9.17, 15) is 9.90 Å². The van der Waals surface area contributed by atoms with Crippen LogP contribution in [0.15, 0.2) is 42.6 Å². The largest absolute Gasteiger partial charge is 0.508 e. The van der Waals surface area contributed by atoms with E-state index >= 15 is 0 Å². The first-order chi connectivity index (χ1) is 11.8. The molecule has 3 rings (SSSR count). The number of hydrogen-bond acceptors (Lipinski definition) is 4. The zero-order valence-electron chi connectivity index (χ0n) is 14.7. The number of phenolic OH excluding ortho intramolecular Hbond substituents is 1. The van der Waals surface area contributed by atoms with Gasteiger partial charge in [0.25, 0.3) is 0 Å². The number of aromatic amines is 1. The molecule has 0 amide bonds. The zero-order chi connectivity index (χ0) is 18.0. The Labute approximate surface area is 147 Å². The van der Waals surface area contributed by atoms with Gasteiger partial charge in [-0.15, -0.1) is 0 Å². The minimum Gasteiger partial charge on any atom is -0.508 e. The van der Waals surface area contributed by atoms with Gasteiger partial charge >= 0.3 is 5.97 Å². The van der Waals surface area contributed by atoms with Crippen molar-refractivity contribution in [3.8, 4) is 17.1 Å². The fourth-order valence-corrected chi connectivity index (χ4v) is 3.18. The number of carbonyl (C=O) groups excluding carboxylic acids is 1. The number of nitrogens with one attached hydrogen (secondary N) is 1. The highest BCUT2D eigenvalue weighted by molar-refractivity contribution is 6.76. The van der Waals surface area contributed by atoms with Crippen molar-refractivity contribution >= 4 is 24.9 Å². The van der Waals surface area contributed by atoms with Crippen LogP contribution >= 0.6 is 0 Å². The van der Waals surface area contributed by atoms with Crippen LogP contribution in [0, 0.1) is 0 Å². The van der Waals surface area contributed by atoms with Crippen molar-refractivity contribution in [1.82, 2.24) is 9.97 Å². The quantitative estimate of drug-likeness (QED) is 0.525. The maximum Gasteiger partial charge on any atom is 0.339 e. The molecule has 0 aliphatic carbocycles. The van der Waals surface area contributed by atoms with Gasteiger partial charge in [-0.3, -0.25) is 4.98 Å². The van der Waals surface area contributed by atoms with Crippen molar-refractivity contribution < 1.29 is 14.6 Å². The van der Waals surface area contributed by atoms with Crippen LogP contribution in [0.25, 0.3) is 22.3 Å². The summed E-state index contributed by atoms with van der Waals surface area (Å²) in [5.74, 6) is -0.110. The molecule has 0 aliphatic rings. The van der Waals surface area contributed by atoms with Gasteiger partial charge in [0.1, 0.15) is 5.75 Å². The number of phenols is 1. The fourth-order valence-electron chi connectivity index (χ4n) is 2.47. The van der Waals surface area contributed by atoms with Gasteiger partial charge in [0.15, 0.2) is 0 Å². The molecule has 0 unspecified atom stereocenters. The fraction of sp³-hybridized carbons (Fsp3) is 0.263. The van der Waals surface area contributed by atoms with Gasteiger partial charge in [-0.2, -0.15) is 0 Å². The van der Waals surface area contributed by atoms with E-state index in [1.807, 2.05) is 12.1 Å². The smallest absolute Gasteiger partial charge is 0.339 e. The Hall–Kier alpha value is -2.60. The van der Waals surface area contributed by atoms with Crippen LogP contribution < -0.4 is 0 Å². The summed E-state index contributed by atoms with van der Waals surface area (Å²) in [7, 11) is -1.21. The highest BCUT2D eigenvalue weighted by Gasteiger charge is 2.15. The first-order valence-corrected chi connectivity index (χ1v) is 12.0. The van der Waals surface area contributed by atoms with Gasteiger partial charge in [-0.05, 0) is 42.4 Å². The summed E-state index contributed by atoms with van der Waals surface area (Å²) in [5.41, 5.74) is 2.94. The molecule has 3 aromatic rings. The lowest BCUT2D eigenvalue weighted by Gasteiger charge is -2.15. The Morgan fingerprint density at radius 2 is 2.00 bits per heavy atom. The molecule has 1 aromatic carbocycles. The maximum atomic E-state index is 12.1. The summed E-state index contributed by atoms with van der Waals surface area (Å²) >= 11 is 0.